The summed E-state index contributed by atoms with van der Waals surface area (Å²) in [7, 11) is 0. The smallest absolute Gasteiger partial charge is 0.264 e. The van der Waals surface area contributed by atoms with Crippen LogP contribution in [-0.4, -0.2) is 4.98 Å². The number of hydrogen-bond donors (Lipinski definition) is 0. The van der Waals surface area contributed by atoms with Gasteiger partial charge in [0.05, 0.1) is 0 Å². The Bertz CT molecular complexity index is 918. The molecule has 0 saturated carbocycles. The highest BCUT2D eigenvalue weighted by atomic mass is 15.0. The van der Waals surface area contributed by atoms with E-state index in [4.69, 9.17) is 0 Å². The first-order chi connectivity index (χ1) is 10.7. The monoisotopic (exact) mass is 282 g/mol. The van der Waals surface area contributed by atoms with Crippen molar-refractivity contribution >= 4 is 0 Å². The van der Waals surface area contributed by atoms with Gasteiger partial charge in [-0.15, -0.1) is 4.57 Å². The molecule has 0 aliphatic carbocycles. The number of hydrogen-bond acceptors (Lipinski definition) is 6. The SMILES string of the molecule is N#Cc1c(C#N)c(C#N)[n+](-c2ccncc2)c(C#N)c1C#N. The van der Waals surface area contributed by atoms with E-state index in [1.54, 1.807) is 18.2 Å². The quantitative estimate of drug-likeness (QED) is 0.706. The third-order valence-corrected chi connectivity index (χ3v) is 2.89. The predicted molar refractivity (Wildman–Crippen MR) is 69.3 cm³/mol. The van der Waals surface area contributed by atoms with Crippen LogP contribution in [0.4, 0.5) is 0 Å². The summed E-state index contributed by atoms with van der Waals surface area (Å²) in [6.45, 7) is 0. The molecular formula is C15H4N7+. The molecule has 22 heavy (non-hydrogen) atoms. The van der Waals surface area contributed by atoms with Gasteiger partial charge in [0.25, 0.3) is 0 Å². The summed E-state index contributed by atoms with van der Waals surface area (Å²) >= 11 is 0. The maximum Gasteiger partial charge on any atom is 0.309 e. The Hall–Kier alpha value is -4.25. The molecule has 7 heteroatoms. The lowest BCUT2D eigenvalue weighted by Crippen LogP contribution is -2.41. The fourth-order valence-electron chi connectivity index (χ4n) is 1.99. The minimum absolute atomic E-state index is 0.180. The molecule has 0 amide bonds. The van der Waals surface area contributed by atoms with Gasteiger partial charge < -0.3 is 0 Å². The molecule has 0 aromatic carbocycles. The average molecular weight is 282 g/mol. The largest absolute Gasteiger partial charge is 0.309 e. The predicted octanol–water partition coefficient (Wildman–Crippen LogP) is 0.717. The topological polar surface area (TPSA) is 136 Å². The summed E-state index contributed by atoms with van der Waals surface area (Å²) in [5, 5.41) is 46.4. The van der Waals surface area contributed by atoms with Crippen molar-refractivity contribution < 1.29 is 4.57 Å². The van der Waals surface area contributed by atoms with Crippen LogP contribution in [0.2, 0.25) is 0 Å². The van der Waals surface area contributed by atoms with Crippen molar-refractivity contribution in [2.45, 2.75) is 0 Å². The van der Waals surface area contributed by atoms with E-state index >= 15 is 0 Å². The Kier molecular flexibility index (Phi) is 3.74. The molecule has 0 radical (unpaired) electrons. The molecule has 0 saturated heterocycles. The van der Waals surface area contributed by atoms with Crippen molar-refractivity contribution in [1.82, 2.24) is 4.98 Å². The zero-order valence-corrected chi connectivity index (χ0v) is 10.9. The highest BCUT2D eigenvalue weighted by Gasteiger charge is 2.32. The molecule has 98 valence electrons. The lowest BCUT2D eigenvalue weighted by Gasteiger charge is -2.04. The van der Waals surface area contributed by atoms with Crippen molar-refractivity contribution in [3.8, 4) is 36.0 Å². The molecule has 0 fully saturated rings. The van der Waals surface area contributed by atoms with Gasteiger partial charge in [-0.05, 0) is 0 Å². The second-order valence-electron chi connectivity index (χ2n) is 3.92. The van der Waals surface area contributed by atoms with Gasteiger partial charge in [0.1, 0.15) is 23.8 Å². The fourth-order valence-corrected chi connectivity index (χ4v) is 1.99. The molecule has 2 rings (SSSR count). The highest BCUT2D eigenvalue weighted by molar-refractivity contribution is 5.61. The van der Waals surface area contributed by atoms with Gasteiger partial charge in [0.15, 0.2) is 23.3 Å². The zero-order chi connectivity index (χ0) is 16.1. The normalized spacial score (nSPS) is 8.68. The van der Waals surface area contributed by atoms with Gasteiger partial charge in [0, 0.05) is 24.5 Å². The number of rotatable bonds is 1. The zero-order valence-electron chi connectivity index (χ0n) is 10.9. The summed E-state index contributed by atoms with van der Waals surface area (Å²) in [6, 6.07) is 11.9. The van der Waals surface area contributed by atoms with Gasteiger partial charge in [-0.3, -0.25) is 4.98 Å². The van der Waals surface area contributed by atoms with Crippen molar-refractivity contribution in [3.63, 3.8) is 0 Å². The van der Waals surface area contributed by atoms with Crippen molar-refractivity contribution in [1.29, 1.82) is 26.3 Å². The van der Waals surface area contributed by atoms with Crippen LogP contribution in [0.5, 0.6) is 0 Å². The Morgan fingerprint density at radius 3 is 1.50 bits per heavy atom. The number of nitriles is 5. The van der Waals surface area contributed by atoms with Gasteiger partial charge in [-0.25, -0.2) is 0 Å². The van der Waals surface area contributed by atoms with E-state index in [9.17, 15) is 26.3 Å². The average Bonchev–Trinajstić information content (AvgIpc) is 2.59. The van der Waals surface area contributed by atoms with E-state index in [2.05, 4.69) is 4.98 Å². The Labute approximate surface area is 125 Å². The van der Waals surface area contributed by atoms with Gasteiger partial charge in [-0.2, -0.15) is 26.3 Å². The molecule has 0 unspecified atom stereocenters. The van der Waals surface area contributed by atoms with E-state index in [1.165, 1.54) is 29.1 Å². The summed E-state index contributed by atoms with van der Waals surface area (Å²) in [6.07, 6.45) is 2.89. The highest BCUT2D eigenvalue weighted by Crippen LogP contribution is 2.19. The standard InChI is InChI=1S/C15H4N7/c16-5-11-12(6-17)14(8-19)22(10-1-3-21-4-2-10)15(9-20)13(11)7-18/h1-4H/q+1. The van der Waals surface area contributed by atoms with Crippen LogP contribution in [0.3, 0.4) is 0 Å². The van der Waals surface area contributed by atoms with E-state index in [-0.39, 0.29) is 28.1 Å². The van der Waals surface area contributed by atoms with E-state index in [0.29, 0.717) is 5.69 Å². The number of pyridine rings is 2. The van der Waals surface area contributed by atoms with E-state index in [1.807, 2.05) is 12.1 Å². The lowest BCUT2D eigenvalue weighted by atomic mass is 9.99. The van der Waals surface area contributed by atoms with Crippen LogP contribution in [0.1, 0.15) is 28.1 Å². The van der Waals surface area contributed by atoms with Gasteiger partial charge in [0.2, 0.25) is 5.69 Å². The fraction of sp³-hybridized carbons (Fsp3) is 0. The number of aromatic nitrogens is 2. The summed E-state index contributed by atoms with van der Waals surface area (Å²) in [4.78, 5) is 3.84. The van der Waals surface area contributed by atoms with Crippen LogP contribution < -0.4 is 4.57 Å². The maximum atomic E-state index is 9.36. The first kappa shape index (κ1) is 14.2. The molecule has 2 aromatic rings. The summed E-state index contributed by atoms with van der Waals surface area (Å²) < 4.78 is 1.18. The third-order valence-electron chi connectivity index (χ3n) is 2.89. The third kappa shape index (κ3) is 1.97. The molecule has 0 N–H and O–H groups in total. The molecule has 0 atom stereocenters. The molecule has 7 nitrogen and oxygen atoms in total. The first-order valence-corrected chi connectivity index (χ1v) is 5.80. The van der Waals surface area contributed by atoms with Crippen molar-refractivity contribution in [2.75, 3.05) is 0 Å². The van der Waals surface area contributed by atoms with Crippen LogP contribution in [0.25, 0.3) is 5.69 Å². The number of nitrogens with zero attached hydrogens (tertiary/aromatic N) is 7. The molecule has 0 aliphatic rings. The molecular weight excluding hydrogens is 278 g/mol. The van der Waals surface area contributed by atoms with Crippen LogP contribution in [0.15, 0.2) is 24.5 Å². The van der Waals surface area contributed by atoms with Crippen molar-refractivity contribution in [2.24, 2.45) is 0 Å². The summed E-state index contributed by atoms with van der Waals surface area (Å²) in [5.41, 5.74) is -0.722. The van der Waals surface area contributed by atoms with Crippen LogP contribution in [0, 0.1) is 56.7 Å². The lowest BCUT2D eigenvalue weighted by molar-refractivity contribution is -0.601. The second-order valence-corrected chi connectivity index (χ2v) is 3.92. The van der Waals surface area contributed by atoms with E-state index in [0.717, 1.165) is 0 Å². The Morgan fingerprint density at radius 2 is 1.14 bits per heavy atom. The Balaban J connectivity index is 3.14. The first-order valence-electron chi connectivity index (χ1n) is 5.80. The summed E-state index contributed by atoms with van der Waals surface area (Å²) in [5.74, 6) is 0. The van der Waals surface area contributed by atoms with E-state index < -0.39 is 0 Å². The minimum Gasteiger partial charge on any atom is -0.264 e. The molecule has 2 heterocycles. The molecule has 0 bridgehead atoms. The second kappa shape index (κ2) is 5.81. The van der Waals surface area contributed by atoms with Gasteiger partial charge in [-0.1, -0.05) is 0 Å². The van der Waals surface area contributed by atoms with Crippen LogP contribution >= 0.6 is 0 Å². The minimum atomic E-state index is -0.275. The molecule has 2 aromatic heterocycles. The van der Waals surface area contributed by atoms with Crippen molar-refractivity contribution in [3.05, 3.63) is 52.6 Å². The Morgan fingerprint density at radius 1 is 0.682 bits per heavy atom. The molecule has 0 aliphatic heterocycles. The van der Waals surface area contributed by atoms with Gasteiger partial charge >= 0.3 is 11.4 Å². The van der Waals surface area contributed by atoms with Crippen LogP contribution in [-0.2, 0) is 0 Å². The molecule has 0 spiro atoms. The maximum absolute atomic E-state index is 9.36.